The molecule has 0 heterocycles. The molecule has 0 heteroatoms. The maximum Gasteiger partial charge on any atom is 0.00919 e. The minimum absolute atomic E-state index is 0.246. The van der Waals surface area contributed by atoms with Crippen LogP contribution in [0.1, 0.15) is 52.9 Å². The molecule has 2 aliphatic rings. The van der Waals surface area contributed by atoms with Gasteiger partial charge in [-0.25, -0.2) is 0 Å². The number of hydrogen-bond donors (Lipinski definition) is 0. The van der Waals surface area contributed by atoms with Crippen LogP contribution in [0.4, 0.5) is 0 Å². The van der Waals surface area contributed by atoms with Crippen molar-refractivity contribution in [2.24, 2.45) is 11.3 Å². The molecule has 0 bridgehead atoms. The fourth-order valence-electron chi connectivity index (χ4n) is 3.18. The van der Waals surface area contributed by atoms with Gasteiger partial charge in [-0.3, -0.25) is 0 Å². The van der Waals surface area contributed by atoms with E-state index >= 15 is 0 Å². The van der Waals surface area contributed by atoms with E-state index in [0.29, 0.717) is 0 Å². The maximum absolute atomic E-state index is 3.79. The van der Waals surface area contributed by atoms with Gasteiger partial charge in [0.1, 0.15) is 0 Å². The van der Waals surface area contributed by atoms with Crippen LogP contribution in [0.15, 0.2) is 59.8 Å². The minimum Gasteiger partial charge on any atom is -0.102 e. The van der Waals surface area contributed by atoms with Crippen molar-refractivity contribution in [3.8, 4) is 0 Å². The predicted octanol–water partition coefficient (Wildman–Crippen LogP) is 6.56. The first kappa shape index (κ1) is 17.1. The molecular formula is C22H30. The van der Waals surface area contributed by atoms with E-state index in [1.165, 1.54) is 42.4 Å². The highest BCUT2D eigenvalue weighted by molar-refractivity contribution is 5.44. The summed E-state index contributed by atoms with van der Waals surface area (Å²) < 4.78 is 0. The molecular weight excluding hydrogens is 264 g/mol. The summed E-state index contributed by atoms with van der Waals surface area (Å²) in [5.41, 5.74) is 4.57. The summed E-state index contributed by atoms with van der Waals surface area (Å²) in [7, 11) is 0. The van der Waals surface area contributed by atoms with Crippen molar-refractivity contribution in [2.45, 2.75) is 52.9 Å². The Kier molecular flexibility index (Phi) is 6.06. The maximum atomic E-state index is 3.79. The van der Waals surface area contributed by atoms with E-state index in [1.807, 2.05) is 6.08 Å². The molecule has 1 saturated carbocycles. The molecule has 0 N–H and O–H groups in total. The molecule has 0 saturated heterocycles. The van der Waals surface area contributed by atoms with Crippen LogP contribution in [-0.4, -0.2) is 0 Å². The van der Waals surface area contributed by atoms with Crippen LogP contribution in [0.25, 0.3) is 0 Å². The average Bonchev–Trinajstić information content (AvgIpc) is 3.12. The Morgan fingerprint density at radius 2 is 2.00 bits per heavy atom. The molecule has 0 aromatic carbocycles. The molecule has 0 aliphatic heterocycles. The fraction of sp³-hybridized carbons (Fsp3) is 0.455. The van der Waals surface area contributed by atoms with Gasteiger partial charge in [-0.2, -0.15) is 0 Å². The van der Waals surface area contributed by atoms with Crippen molar-refractivity contribution in [3.05, 3.63) is 72.6 Å². The van der Waals surface area contributed by atoms with Crippen LogP contribution >= 0.6 is 0 Å². The third-order valence-electron chi connectivity index (χ3n) is 4.60. The standard InChI is InChI=1S/C22H30/c1-5-6-11-19(20-12-7-8-13-20)14-9-10-18-15-16-21(17-18)22(2,3)4/h5-6,9,11,14-17,20H,1,7-8,10,12-13H2,2-4H3/b14-9+,19-11+. The first-order chi connectivity index (χ1) is 10.5. The van der Waals surface area contributed by atoms with Gasteiger partial charge in [-0.05, 0) is 41.7 Å². The molecule has 0 nitrogen and oxygen atoms in total. The molecule has 0 spiro atoms. The lowest BCUT2D eigenvalue weighted by atomic mass is 9.86. The zero-order chi connectivity index (χ0) is 16.0. The summed E-state index contributed by atoms with van der Waals surface area (Å²) in [5, 5.41) is 0. The first-order valence-corrected chi connectivity index (χ1v) is 8.59. The zero-order valence-electron chi connectivity index (χ0n) is 14.4. The van der Waals surface area contributed by atoms with Gasteiger partial charge >= 0.3 is 0 Å². The molecule has 22 heavy (non-hydrogen) atoms. The molecule has 0 unspecified atom stereocenters. The Morgan fingerprint density at radius 3 is 2.59 bits per heavy atom. The fourth-order valence-corrected chi connectivity index (χ4v) is 3.18. The van der Waals surface area contributed by atoms with Gasteiger partial charge in [0.2, 0.25) is 0 Å². The lowest BCUT2D eigenvalue weighted by molar-refractivity contribution is 0.513. The van der Waals surface area contributed by atoms with Gasteiger partial charge in [-0.1, -0.05) is 75.6 Å². The van der Waals surface area contributed by atoms with Crippen molar-refractivity contribution >= 4 is 0 Å². The van der Waals surface area contributed by atoms with Gasteiger partial charge < -0.3 is 0 Å². The smallest absolute Gasteiger partial charge is 0.00919 e. The molecule has 118 valence electrons. The topological polar surface area (TPSA) is 0 Å². The Labute approximate surface area is 137 Å². The van der Waals surface area contributed by atoms with Crippen LogP contribution < -0.4 is 0 Å². The first-order valence-electron chi connectivity index (χ1n) is 8.59. The SMILES string of the molecule is C=C[CH]/C=C(\C=C\CC1=C[CH]C(C(C)(C)C)=C1)C1CCCC1. The van der Waals surface area contributed by atoms with Gasteiger partial charge in [0, 0.05) is 12.8 Å². The Bertz CT molecular complexity index is 497. The second-order valence-corrected chi connectivity index (χ2v) is 7.44. The van der Waals surface area contributed by atoms with Crippen LogP contribution in [0.3, 0.4) is 0 Å². The summed E-state index contributed by atoms with van der Waals surface area (Å²) >= 11 is 0. The summed E-state index contributed by atoms with van der Waals surface area (Å²) in [6.45, 7) is 10.6. The van der Waals surface area contributed by atoms with Crippen LogP contribution in [-0.2, 0) is 0 Å². The third kappa shape index (κ3) is 4.87. The van der Waals surface area contributed by atoms with E-state index in [9.17, 15) is 0 Å². The zero-order valence-corrected chi connectivity index (χ0v) is 14.4. The highest BCUT2D eigenvalue weighted by Gasteiger charge is 2.20. The quantitative estimate of drug-likeness (QED) is 0.487. The van der Waals surface area contributed by atoms with Gasteiger partial charge in [0.05, 0.1) is 0 Å². The largest absolute Gasteiger partial charge is 0.102 e. The summed E-state index contributed by atoms with van der Waals surface area (Å²) in [4.78, 5) is 0. The van der Waals surface area contributed by atoms with E-state index in [2.05, 4.69) is 70.6 Å². The van der Waals surface area contributed by atoms with Crippen LogP contribution in [0, 0.1) is 24.2 Å². The second-order valence-electron chi connectivity index (χ2n) is 7.44. The van der Waals surface area contributed by atoms with Gasteiger partial charge in [-0.15, -0.1) is 6.58 Å². The monoisotopic (exact) mass is 294 g/mol. The molecule has 0 aromatic heterocycles. The van der Waals surface area contributed by atoms with Crippen molar-refractivity contribution in [1.29, 1.82) is 0 Å². The van der Waals surface area contributed by atoms with Crippen molar-refractivity contribution in [1.82, 2.24) is 0 Å². The number of rotatable bonds is 6. The Balaban J connectivity index is 1.95. The predicted molar refractivity (Wildman–Crippen MR) is 98.2 cm³/mol. The van der Waals surface area contributed by atoms with E-state index in [4.69, 9.17) is 0 Å². The second kappa shape index (κ2) is 7.81. The van der Waals surface area contributed by atoms with Crippen molar-refractivity contribution < 1.29 is 0 Å². The van der Waals surface area contributed by atoms with Gasteiger partial charge in [0.25, 0.3) is 0 Å². The summed E-state index contributed by atoms with van der Waals surface area (Å²) in [5.74, 6) is 0.747. The van der Waals surface area contributed by atoms with E-state index in [0.717, 1.165) is 12.3 Å². The third-order valence-corrected chi connectivity index (χ3v) is 4.60. The molecule has 2 aliphatic carbocycles. The van der Waals surface area contributed by atoms with Crippen molar-refractivity contribution in [3.63, 3.8) is 0 Å². The molecule has 0 amide bonds. The number of hydrogen-bond acceptors (Lipinski definition) is 0. The van der Waals surface area contributed by atoms with E-state index in [1.54, 1.807) is 0 Å². The van der Waals surface area contributed by atoms with Gasteiger partial charge in [0.15, 0.2) is 0 Å². The van der Waals surface area contributed by atoms with Crippen LogP contribution in [0.5, 0.6) is 0 Å². The van der Waals surface area contributed by atoms with Crippen LogP contribution in [0.2, 0.25) is 0 Å². The van der Waals surface area contributed by atoms with E-state index < -0.39 is 0 Å². The Morgan fingerprint density at radius 1 is 1.27 bits per heavy atom. The molecule has 0 atom stereocenters. The average molecular weight is 294 g/mol. The molecule has 2 rings (SSSR count). The normalized spacial score (nSPS) is 20.6. The summed E-state index contributed by atoms with van der Waals surface area (Å²) in [6.07, 6.45) is 24.2. The lowest BCUT2D eigenvalue weighted by Gasteiger charge is -2.19. The van der Waals surface area contributed by atoms with E-state index in [-0.39, 0.29) is 5.41 Å². The molecule has 0 aromatic rings. The van der Waals surface area contributed by atoms with Crippen molar-refractivity contribution in [2.75, 3.05) is 0 Å². The summed E-state index contributed by atoms with van der Waals surface area (Å²) in [6, 6.07) is 0. The highest BCUT2D eigenvalue weighted by atomic mass is 14.2. The minimum atomic E-state index is 0.246. The number of allylic oxidation sites excluding steroid dienone is 9. The lowest BCUT2D eigenvalue weighted by Crippen LogP contribution is -2.07. The molecule has 1 fully saturated rings. The highest BCUT2D eigenvalue weighted by Crippen LogP contribution is 2.34. The molecule has 2 radical (unpaired) electrons. The Hall–Kier alpha value is -1.30.